The lowest BCUT2D eigenvalue weighted by Gasteiger charge is -2.31. The van der Waals surface area contributed by atoms with Gasteiger partial charge in [-0.05, 0) is 43.4 Å². The van der Waals surface area contributed by atoms with Crippen molar-refractivity contribution in [3.8, 4) is 0 Å². The summed E-state index contributed by atoms with van der Waals surface area (Å²) in [4.78, 5) is 12.3. The van der Waals surface area contributed by atoms with Crippen molar-refractivity contribution in [2.24, 2.45) is 11.8 Å². The van der Waals surface area contributed by atoms with Crippen LogP contribution in [0.25, 0.3) is 0 Å². The minimum absolute atomic E-state index is 0.0105. The van der Waals surface area contributed by atoms with Crippen LogP contribution in [0.15, 0.2) is 35.2 Å². The molecule has 0 spiro atoms. The average molecular weight is 568 g/mol. The van der Waals surface area contributed by atoms with E-state index in [1.54, 1.807) is 0 Å². The van der Waals surface area contributed by atoms with Gasteiger partial charge in [-0.25, -0.2) is 21.6 Å². The Morgan fingerprint density at radius 1 is 1.14 bits per heavy atom. The van der Waals surface area contributed by atoms with Gasteiger partial charge in [0, 0.05) is 29.3 Å². The molecule has 8 nitrogen and oxygen atoms in total. The van der Waals surface area contributed by atoms with Crippen LogP contribution in [-0.2, 0) is 24.1 Å². The Morgan fingerprint density at radius 2 is 1.78 bits per heavy atom. The van der Waals surface area contributed by atoms with Gasteiger partial charge in [-0.3, -0.25) is 8.98 Å². The summed E-state index contributed by atoms with van der Waals surface area (Å²) in [7, 11) is -8.09. The van der Waals surface area contributed by atoms with Crippen molar-refractivity contribution in [2.75, 3.05) is 18.2 Å². The molecule has 0 aromatic heterocycles. The lowest BCUT2D eigenvalue weighted by Crippen LogP contribution is -2.43. The van der Waals surface area contributed by atoms with Crippen LogP contribution in [-0.4, -0.2) is 51.6 Å². The number of sulfone groups is 1. The maximum atomic E-state index is 13.6. The summed E-state index contributed by atoms with van der Waals surface area (Å²) in [6.45, 7) is -0.583. The molecule has 196 valence electrons. The number of hydrogen-bond acceptors (Lipinski definition) is 7. The number of benzene rings is 2. The molecule has 14 heteroatoms. The highest BCUT2D eigenvalue weighted by molar-refractivity contribution is 7.92. The molecular weight excluding hydrogens is 547 g/mol. The van der Waals surface area contributed by atoms with Crippen LogP contribution in [0, 0.1) is 29.3 Å². The van der Waals surface area contributed by atoms with Gasteiger partial charge in [-0.15, -0.1) is 0 Å². The highest BCUT2D eigenvalue weighted by atomic mass is 35.5. The van der Waals surface area contributed by atoms with Crippen LogP contribution in [0.5, 0.6) is 0 Å². The number of carbonyl (C=O) groups is 1. The van der Waals surface area contributed by atoms with Gasteiger partial charge in [-0.1, -0.05) is 11.6 Å². The molecular formula is C22H21ClF3NO7S2. The minimum Gasteiger partial charge on any atom is -0.387 e. The second-order valence-corrected chi connectivity index (χ2v) is 13.2. The quantitative estimate of drug-likeness (QED) is 0.388. The van der Waals surface area contributed by atoms with Crippen molar-refractivity contribution in [2.45, 2.75) is 35.0 Å². The van der Waals surface area contributed by atoms with Crippen LogP contribution in [0.3, 0.4) is 0 Å². The third-order valence-corrected chi connectivity index (χ3v) is 10.0. The smallest absolute Gasteiger partial charge is 0.264 e. The minimum atomic E-state index is -4.22. The molecule has 0 aliphatic heterocycles. The summed E-state index contributed by atoms with van der Waals surface area (Å²) in [5.41, 5.74) is -2.27. The summed E-state index contributed by atoms with van der Waals surface area (Å²) in [5.74, 6) is -7.00. The zero-order chi connectivity index (χ0) is 26.6. The van der Waals surface area contributed by atoms with E-state index in [0.29, 0.717) is 25.0 Å². The van der Waals surface area contributed by atoms with Gasteiger partial charge < -0.3 is 10.4 Å². The zero-order valence-corrected chi connectivity index (χ0v) is 21.1. The molecule has 36 heavy (non-hydrogen) atoms. The Kier molecular flexibility index (Phi) is 6.92. The van der Waals surface area contributed by atoms with E-state index in [-0.39, 0.29) is 27.6 Å². The lowest BCUT2D eigenvalue weighted by molar-refractivity contribution is -0.0467. The molecule has 2 N–H and O–H groups in total. The summed E-state index contributed by atoms with van der Waals surface area (Å²) in [5, 5.41) is 11.9. The molecule has 2 aliphatic rings. The van der Waals surface area contributed by atoms with Crippen LogP contribution in [0.4, 0.5) is 18.9 Å². The molecule has 4 rings (SSSR count). The van der Waals surface area contributed by atoms with E-state index in [1.165, 1.54) is 12.1 Å². The lowest BCUT2D eigenvalue weighted by atomic mass is 9.85. The Bertz CT molecular complexity index is 1430. The molecule has 0 saturated heterocycles. The number of carbonyl (C=O) groups excluding carboxylic acids is 1. The van der Waals surface area contributed by atoms with E-state index < -0.39 is 72.6 Å². The monoisotopic (exact) mass is 567 g/mol. The van der Waals surface area contributed by atoms with Gasteiger partial charge >= 0.3 is 0 Å². The number of rotatable bonds is 7. The van der Waals surface area contributed by atoms with E-state index in [4.69, 9.17) is 15.8 Å². The van der Waals surface area contributed by atoms with E-state index in [1.807, 2.05) is 0 Å². The fraction of sp³-hybridized carbons (Fsp3) is 0.409. The van der Waals surface area contributed by atoms with Crippen molar-refractivity contribution in [1.29, 1.82) is 0 Å². The maximum absolute atomic E-state index is 13.6. The molecule has 2 aliphatic carbocycles. The Labute approximate surface area is 210 Å². The van der Waals surface area contributed by atoms with E-state index in [0.717, 1.165) is 12.3 Å². The molecule has 2 aromatic rings. The summed E-state index contributed by atoms with van der Waals surface area (Å²) < 4.78 is 95.0. The second-order valence-electron chi connectivity index (χ2n) is 9.08. The summed E-state index contributed by atoms with van der Waals surface area (Å²) >= 11 is 6.17. The van der Waals surface area contributed by atoms with Crippen molar-refractivity contribution in [3.63, 3.8) is 0 Å². The largest absolute Gasteiger partial charge is 0.387 e. The van der Waals surface area contributed by atoms with Crippen LogP contribution in [0.2, 0.25) is 5.02 Å². The number of halogens is 4. The number of nitrogens with one attached hydrogen (secondary N) is 1. The van der Waals surface area contributed by atoms with Gasteiger partial charge in [0.15, 0.2) is 27.3 Å². The highest BCUT2D eigenvalue weighted by Crippen LogP contribution is 2.55. The van der Waals surface area contributed by atoms with Crippen molar-refractivity contribution in [1.82, 2.24) is 0 Å². The zero-order valence-electron chi connectivity index (χ0n) is 18.7. The van der Waals surface area contributed by atoms with Gasteiger partial charge in [0.05, 0.1) is 33.6 Å². The SMILES string of the molecule is CS(=O)(=O)OC[C@@]1(O)CC2CCC1[C@@H]2S(=O)(=O)c1cc(C(=O)Nc2cc(F)c(F)c(F)c2)ccc1Cl. The summed E-state index contributed by atoms with van der Waals surface area (Å²) in [6.07, 6.45) is 1.63. The van der Waals surface area contributed by atoms with E-state index in [9.17, 15) is 39.9 Å². The number of hydrogen-bond donors (Lipinski definition) is 2. The second kappa shape index (κ2) is 9.28. The van der Waals surface area contributed by atoms with Gasteiger partial charge in [0.25, 0.3) is 16.0 Å². The van der Waals surface area contributed by atoms with E-state index >= 15 is 0 Å². The van der Waals surface area contributed by atoms with Gasteiger partial charge in [-0.2, -0.15) is 8.42 Å². The van der Waals surface area contributed by atoms with Crippen molar-refractivity contribution < 1.29 is 44.1 Å². The fourth-order valence-electron chi connectivity index (χ4n) is 5.13. The molecule has 0 heterocycles. The van der Waals surface area contributed by atoms with Gasteiger partial charge in [0.2, 0.25) is 0 Å². The first-order valence-electron chi connectivity index (χ1n) is 10.7. The average Bonchev–Trinajstić information content (AvgIpc) is 3.32. The fourth-order valence-corrected chi connectivity index (χ4v) is 8.48. The third kappa shape index (κ3) is 4.99. The van der Waals surface area contributed by atoms with Crippen LogP contribution < -0.4 is 5.32 Å². The van der Waals surface area contributed by atoms with Gasteiger partial charge in [0.1, 0.15) is 0 Å². The summed E-state index contributed by atoms with van der Waals surface area (Å²) in [6, 6.07) is 4.52. The molecule has 1 amide bonds. The topological polar surface area (TPSA) is 127 Å². The Hall–Kier alpha value is -2.19. The molecule has 2 fully saturated rings. The predicted octanol–water partition coefficient (Wildman–Crippen LogP) is 3.29. The predicted molar refractivity (Wildman–Crippen MR) is 123 cm³/mol. The Balaban J connectivity index is 1.62. The maximum Gasteiger partial charge on any atom is 0.264 e. The van der Waals surface area contributed by atoms with Crippen LogP contribution >= 0.6 is 11.6 Å². The number of aliphatic hydroxyl groups is 1. The normalized spacial score (nSPS) is 25.8. The molecule has 2 bridgehead atoms. The molecule has 2 aromatic carbocycles. The highest BCUT2D eigenvalue weighted by Gasteiger charge is 2.61. The van der Waals surface area contributed by atoms with Crippen LogP contribution in [0.1, 0.15) is 29.6 Å². The van der Waals surface area contributed by atoms with Crippen molar-refractivity contribution in [3.05, 3.63) is 58.4 Å². The first kappa shape index (κ1) is 26.9. The molecule has 2 unspecified atom stereocenters. The number of fused-ring (bicyclic) bond motifs is 2. The number of anilines is 1. The standard InChI is InChI=1S/C22H21ClF3NO7S2/c1-35(30,31)34-10-22(29)9-12-2-4-14(22)20(12)36(32,33)18-6-11(3-5-15(18)23)21(28)27-13-7-16(24)19(26)17(25)8-13/h3,5-8,12,14,20,29H,2,4,9-10H2,1H3,(H,27,28)/t12?,14?,20-,22+/m1/s1. The first-order chi connectivity index (χ1) is 16.6. The first-order valence-corrected chi connectivity index (χ1v) is 14.4. The molecule has 2 saturated carbocycles. The third-order valence-electron chi connectivity index (χ3n) is 6.64. The number of amides is 1. The molecule has 0 radical (unpaired) electrons. The van der Waals surface area contributed by atoms with E-state index in [2.05, 4.69) is 5.32 Å². The Morgan fingerprint density at radius 3 is 2.39 bits per heavy atom. The molecule has 4 atom stereocenters. The van der Waals surface area contributed by atoms with Crippen molar-refractivity contribution >= 4 is 43.2 Å².